The van der Waals surface area contributed by atoms with Crippen molar-refractivity contribution in [1.29, 1.82) is 0 Å². The van der Waals surface area contributed by atoms with Crippen molar-refractivity contribution in [3.05, 3.63) is 65.1 Å². The third kappa shape index (κ3) is 4.85. The summed E-state index contributed by atoms with van der Waals surface area (Å²) >= 11 is 0. The van der Waals surface area contributed by atoms with Gasteiger partial charge in [0.25, 0.3) is 5.91 Å². The van der Waals surface area contributed by atoms with Crippen LogP contribution < -0.4 is 5.32 Å². The highest BCUT2D eigenvalue weighted by molar-refractivity contribution is 5.89. The van der Waals surface area contributed by atoms with Gasteiger partial charge in [0, 0.05) is 6.08 Å². The van der Waals surface area contributed by atoms with Gasteiger partial charge in [0.1, 0.15) is 5.76 Å². The largest absolute Gasteiger partial charge is 0.465 e. The molecule has 1 heterocycles. The highest BCUT2D eigenvalue weighted by Gasteiger charge is 2.14. The highest BCUT2D eigenvalue weighted by Crippen LogP contribution is 2.24. The van der Waals surface area contributed by atoms with Crippen LogP contribution in [0.15, 0.2) is 47.1 Å². The molecule has 5 heteroatoms. The Hall–Kier alpha value is -2.82. The van der Waals surface area contributed by atoms with Crippen molar-refractivity contribution in [2.45, 2.75) is 38.6 Å². The van der Waals surface area contributed by atoms with E-state index in [1.165, 1.54) is 42.4 Å². The Morgan fingerprint density at radius 3 is 2.81 bits per heavy atom. The van der Waals surface area contributed by atoms with Gasteiger partial charge in [-0.25, -0.2) is 4.79 Å². The first-order chi connectivity index (χ1) is 12.6. The van der Waals surface area contributed by atoms with Crippen molar-refractivity contribution in [3.8, 4) is 0 Å². The third-order valence-corrected chi connectivity index (χ3v) is 4.52. The van der Waals surface area contributed by atoms with Gasteiger partial charge in [-0.2, -0.15) is 0 Å². The standard InChI is InChI=1S/C21H23NO4/c1-15(17-9-8-16-5-2-3-6-18(16)13-17)22-20(23)14-26-21(24)11-10-19-7-4-12-25-19/h4,7-13,15H,2-3,5-6,14H2,1H3,(H,22,23)/b11-10+/t15-/m0/s1. The average molecular weight is 353 g/mol. The lowest BCUT2D eigenvalue weighted by Crippen LogP contribution is -2.31. The first kappa shape index (κ1) is 18.0. The van der Waals surface area contributed by atoms with Gasteiger partial charge in [0.15, 0.2) is 6.61 Å². The quantitative estimate of drug-likeness (QED) is 0.636. The van der Waals surface area contributed by atoms with Gasteiger partial charge in [-0.1, -0.05) is 18.2 Å². The summed E-state index contributed by atoms with van der Waals surface area (Å²) in [6.07, 6.45) is 8.95. The number of amides is 1. The number of carbonyl (C=O) groups excluding carboxylic acids is 2. The molecular formula is C21H23NO4. The number of aryl methyl sites for hydroxylation is 2. The molecule has 0 saturated heterocycles. The summed E-state index contributed by atoms with van der Waals surface area (Å²) in [4.78, 5) is 23.7. The molecule has 1 aromatic heterocycles. The van der Waals surface area contributed by atoms with E-state index >= 15 is 0 Å². The van der Waals surface area contributed by atoms with Crippen LogP contribution in [0.5, 0.6) is 0 Å². The second-order valence-electron chi connectivity index (χ2n) is 6.48. The van der Waals surface area contributed by atoms with E-state index < -0.39 is 5.97 Å². The summed E-state index contributed by atoms with van der Waals surface area (Å²) in [7, 11) is 0. The van der Waals surface area contributed by atoms with Crippen molar-refractivity contribution < 1.29 is 18.7 Å². The molecule has 0 aliphatic heterocycles. The SMILES string of the molecule is C[C@H](NC(=O)COC(=O)/C=C/c1ccco1)c1ccc2c(c1)CCCC2. The molecule has 5 nitrogen and oxygen atoms in total. The van der Waals surface area contributed by atoms with Gasteiger partial charge in [-0.15, -0.1) is 0 Å². The van der Waals surface area contributed by atoms with E-state index in [4.69, 9.17) is 9.15 Å². The molecule has 0 saturated carbocycles. The fourth-order valence-electron chi connectivity index (χ4n) is 3.11. The molecule has 1 amide bonds. The second kappa shape index (κ2) is 8.52. The maximum atomic E-state index is 12.0. The van der Waals surface area contributed by atoms with E-state index in [1.807, 2.05) is 6.92 Å². The Balaban J connectivity index is 1.47. The van der Waals surface area contributed by atoms with Gasteiger partial charge in [0.2, 0.25) is 0 Å². The summed E-state index contributed by atoms with van der Waals surface area (Å²) in [5.41, 5.74) is 3.86. The molecule has 0 radical (unpaired) electrons. The smallest absolute Gasteiger partial charge is 0.331 e. The zero-order chi connectivity index (χ0) is 18.4. The maximum absolute atomic E-state index is 12.0. The molecule has 1 N–H and O–H groups in total. The molecule has 1 atom stereocenters. The number of furan rings is 1. The first-order valence-electron chi connectivity index (χ1n) is 8.91. The van der Waals surface area contributed by atoms with Crippen LogP contribution in [0, 0.1) is 0 Å². The molecule has 0 fully saturated rings. The summed E-state index contributed by atoms with van der Waals surface area (Å²) in [5.74, 6) is -0.361. The van der Waals surface area contributed by atoms with E-state index in [0.717, 1.165) is 18.4 Å². The van der Waals surface area contributed by atoms with Gasteiger partial charge < -0.3 is 14.5 Å². The van der Waals surface area contributed by atoms with Gasteiger partial charge in [-0.3, -0.25) is 4.79 Å². The first-order valence-corrected chi connectivity index (χ1v) is 8.91. The van der Waals surface area contributed by atoms with E-state index in [-0.39, 0.29) is 18.6 Å². The van der Waals surface area contributed by atoms with Crippen molar-refractivity contribution in [2.24, 2.45) is 0 Å². The minimum Gasteiger partial charge on any atom is -0.465 e. The van der Waals surface area contributed by atoms with Crippen LogP contribution in [0.2, 0.25) is 0 Å². The lowest BCUT2D eigenvalue weighted by molar-refractivity contribution is -0.144. The van der Waals surface area contributed by atoms with Crippen LogP contribution in [0.1, 0.15) is 48.3 Å². The predicted molar refractivity (Wildman–Crippen MR) is 98.3 cm³/mol. The number of carbonyl (C=O) groups is 2. The Labute approximate surface area is 153 Å². The number of nitrogens with one attached hydrogen (secondary N) is 1. The molecule has 1 aliphatic carbocycles. The molecule has 136 valence electrons. The number of hydrogen-bond acceptors (Lipinski definition) is 4. The van der Waals surface area contributed by atoms with Crippen LogP contribution >= 0.6 is 0 Å². The molecule has 0 spiro atoms. The lowest BCUT2D eigenvalue weighted by atomic mass is 9.89. The van der Waals surface area contributed by atoms with Crippen LogP contribution in [0.25, 0.3) is 6.08 Å². The van der Waals surface area contributed by atoms with E-state index in [2.05, 4.69) is 23.5 Å². The summed E-state index contributed by atoms with van der Waals surface area (Å²) < 4.78 is 10.0. The number of hydrogen-bond donors (Lipinski definition) is 1. The van der Waals surface area contributed by atoms with Crippen molar-refractivity contribution in [2.75, 3.05) is 6.61 Å². The Morgan fingerprint density at radius 1 is 1.23 bits per heavy atom. The fourth-order valence-corrected chi connectivity index (χ4v) is 3.11. The van der Waals surface area contributed by atoms with Gasteiger partial charge >= 0.3 is 5.97 Å². The molecule has 3 rings (SSSR count). The van der Waals surface area contributed by atoms with Crippen LogP contribution in [0.4, 0.5) is 0 Å². The zero-order valence-corrected chi connectivity index (χ0v) is 14.9. The number of ether oxygens (including phenoxy) is 1. The van der Waals surface area contributed by atoms with E-state index in [0.29, 0.717) is 5.76 Å². The van der Waals surface area contributed by atoms with Crippen molar-refractivity contribution in [3.63, 3.8) is 0 Å². The topological polar surface area (TPSA) is 68.5 Å². The van der Waals surface area contributed by atoms with Gasteiger partial charge in [-0.05, 0) is 67.5 Å². The van der Waals surface area contributed by atoms with Crippen molar-refractivity contribution >= 4 is 18.0 Å². The third-order valence-electron chi connectivity index (χ3n) is 4.52. The van der Waals surface area contributed by atoms with Crippen LogP contribution in [0.3, 0.4) is 0 Å². The number of esters is 1. The Bertz CT molecular complexity index is 792. The zero-order valence-electron chi connectivity index (χ0n) is 14.9. The fraction of sp³-hybridized carbons (Fsp3) is 0.333. The molecular weight excluding hydrogens is 330 g/mol. The monoisotopic (exact) mass is 353 g/mol. The molecule has 2 aromatic rings. The van der Waals surface area contributed by atoms with Crippen molar-refractivity contribution in [1.82, 2.24) is 5.32 Å². The highest BCUT2D eigenvalue weighted by atomic mass is 16.5. The number of benzene rings is 1. The maximum Gasteiger partial charge on any atom is 0.331 e. The van der Waals surface area contributed by atoms with Crippen LogP contribution in [-0.4, -0.2) is 18.5 Å². The Kier molecular flexibility index (Phi) is 5.89. The summed E-state index contributed by atoms with van der Waals surface area (Å²) in [6.45, 7) is 1.62. The van der Waals surface area contributed by atoms with Crippen LogP contribution in [-0.2, 0) is 27.2 Å². The Morgan fingerprint density at radius 2 is 2.04 bits per heavy atom. The minimum atomic E-state index is -0.585. The molecule has 26 heavy (non-hydrogen) atoms. The molecule has 0 unspecified atom stereocenters. The summed E-state index contributed by atoms with van der Waals surface area (Å²) in [6, 6.07) is 9.71. The minimum absolute atomic E-state index is 0.132. The van der Waals surface area contributed by atoms with E-state index in [1.54, 1.807) is 12.1 Å². The number of fused-ring (bicyclic) bond motifs is 1. The molecule has 0 bridgehead atoms. The summed E-state index contributed by atoms with van der Waals surface area (Å²) in [5, 5.41) is 2.87. The molecule has 1 aliphatic rings. The lowest BCUT2D eigenvalue weighted by Gasteiger charge is -2.20. The van der Waals surface area contributed by atoms with E-state index in [9.17, 15) is 9.59 Å². The number of rotatable bonds is 6. The average Bonchev–Trinajstić information content (AvgIpc) is 3.18. The molecule has 1 aromatic carbocycles. The predicted octanol–water partition coefficient (Wildman–Crippen LogP) is 3.59. The normalized spacial score (nSPS) is 14.7. The van der Waals surface area contributed by atoms with Gasteiger partial charge in [0.05, 0.1) is 12.3 Å². The second-order valence-corrected chi connectivity index (χ2v) is 6.48.